The van der Waals surface area contributed by atoms with Crippen molar-refractivity contribution < 1.29 is 0 Å². The van der Waals surface area contributed by atoms with E-state index in [0.717, 1.165) is 19.3 Å². The van der Waals surface area contributed by atoms with Crippen LogP contribution in [0.1, 0.15) is 19.3 Å². The molecule has 0 heterocycles. The monoisotopic (exact) mass is 172 g/mol. The predicted octanol–water partition coefficient (Wildman–Crippen LogP) is 3.95. The second-order valence-electron chi connectivity index (χ2n) is 2.89. The van der Waals surface area contributed by atoms with E-state index in [-0.39, 0.29) is 0 Å². The Balaban J connectivity index is 2.49. The highest BCUT2D eigenvalue weighted by molar-refractivity contribution is 5.11. The summed E-state index contributed by atoms with van der Waals surface area (Å²) in [6.07, 6.45) is 24.5. The fourth-order valence-electron chi connectivity index (χ4n) is 1.06. The van der Waals surface area contributed by atoms with Crippen LogP contribution in [0.3, 0.4) is 0 Å². The van der Waals surface area contributed by atoms with E-state index >= 15 is 0 Å². The molecule has 0 aromatic heterocycles. The van der Waals surface area contributed by atoms with Gasteiger partial charge in [-0.05, 0) is 19.3 Å². The molecular weight excluding hydrogens is 156 g/mol. The van der Waals surface area contributed by atoms with E-state index in [1.54, 1.807) is 0 Å². The summed E-state index contributed by atoms with van der Waals surface area (Å²) in [6.45, 7) is 0. The zero-order chi connectivity index (χ0) is 9.19. The van der Waals surface area contributed by atoms with Crippen molar-refractivity contribution in [1.29, 1.82) is 0 Å². The van der Waals surface area contributed by atoms with Gasteiger partial charge in [-0.25, -0.2) is 0 Å². The highest BCUT2D eigenvalue weighted by Gasteiger charge is 1.74. The Labute approximate surface area is 80.7 Å². The summed E-state index contributed by atoms with van der Waals surface area (Å²) >= 11 is 0. The molecule has 0 N–H and O–H groups in total. The highest BCUT2D eigenvalue weighted by atomic mass is 13.8. The lowest BCUT2D eigenvalue weighted by Gasteiger charge is -1.80. The van der Waals surface area contributed by atoms with Crippen LogP contribution in [0, 0.1) is 0 Å². The van der Waals surface area contributed by atoms with Crippen LogP contribution in [0.2, 0.25) is 0 Å². The third-order valence-electron chi connectivity index (χ3n) is 1.75. The maximum atomic E-state index is 2.19. The van der Waals surface area contributed by atoms with Gasteiger partial charge in [0, 0.05) is 0 Å². The summed E-state index contributed by atoms with van der Waals surface area (Å²) in [7, 11) is 0. The lowest BCUT2D eigenvalue weighted by Crippen LogP contribution is -1.59. The van der Waals surface area contributed by atoms with Gasteiger partial charge in [0.25, 0.3) is 0 Å². The molecule has 0 atom stereocenters. The van der Waals surface area contributed by atoms with Crippen LogP contribution in [0.5, 0.6) is 0 Å². The topological polar surface area (TPSA) is 0 Å². The Hall–Kier alpha value is -1.30. The molecule has 1 rings (SSSR count). The summed E-state index contributed by atoms with van der Waals surface area (Å²) in [5.74, 6) is 0. The maximum Gasteiger partial charge on any atom is -0.0163 e. The van der Waals surface area contributed by atoms with Crippen LogP contribution in [0.4, 0.5) is 0 Å². The first-order chi connectivity index (χ1) is 6.50. The summed E-state index contributed by atoms with van der Waals surface area (Å²) in [6, 6.07) is 0. The van der Waals surface area contributed by atoms with Crippen molar-refractivity contribution in [3.63, 3.8) is 0 Å². The zero-order valence-corrected chi connectivity index (χ0v) is 7.89. The van der Waals surface area contributed by atoms with Crippen molar-refractivity contribution in [2.24, 2.45) is 0 Å². The van der Waals surface area contributed by atoms with Gasteiger partial charge in [-0.1, -0.05) is 60.8 Å². The van der Waals surface area contributed by atoms with Gasteiger partial charge < -0.3 is 0 Å². The standard InChI is InChI=1S/C13H16/c1-2-4-6-8-10-12-13-11-9-7-5-3-1/h1-4,7-11,13H,5-6,12H2/b3-1-,4-2+,9-7-,10-8?,13-11+. The summed E-state index contributed by atoms with van der Waals surface area (Å²) < 4.78 is 0. The molecule has 68 valence electrons. The first-order valence-corrected chi connectivity index (χ1v) is 4.78. The van der Waals surface area contributed by atoms with Gasteiger partial charge in [0.1, 0.15) is 0 Å². The molecule has 0 aliphatic heterocycles. The SMILES string of the molecule is C1=CC/C=C/C=C\C/C=C\C=C\C1. The highest BCUT2D eigenvalue weighted by Crippen LogP contribution is 1.95. The van der Waals surface area contributed by atoms with Crippen LogP contribution in [0.15, 0.2) is 60.8 Å². The van der Waals surface area contributed by atoms with Gasteiger partial charge in [-0.15, -0.1) is 0 Å². The first kappa shape index (κ1) is 9.79. The minimum atomic E-state index is 1.02. The smallest absolute Gasteiger partial charge is 0.0163 e. The summed E-state index contributed by atoms with van der Waals surface area (Å²) in [5, 5.41) is 0. The normalized spacial score (nSPS) is 27.7. The number of hydrogen-bond acceptors (Lipinski definition) is 0. The van der Waals surface area contributed by atoms with Crippen LogP contribution in [-0.4, -0.2) is 0 Å². The molecule has 0 fully saturated rings. The molecule has 0 saturated heterocycles. The average Bonchev–Trinajstić information content (AvgIpc) is 2.18. The number of hydrogen-bond donors (Lipinski definition) is 0. The average molecular weight is 172 g/mol. The van der Waals surface area contributed by atoms with E-state index in [9.17, 15) is 0 Å². The van der Waals surface area contributed by atoms with Crippen molar-refractivity contribution in [1.82, 2.24) is 0 Å². The fourth-order valence-corrected chi connectivity index (χ4v) is 1.06. The molecule has 0 aromatic rings. The largest absolute Gasteiger partial charge is 0.0844 e. The number of allylic oxidation sites excluding steroid dienone is 10. The molecule has 1 aliphatic carbocycles. The van der Waals surface area contributed by atoms with E-state index in [1.807, 2.05) is 0 Å². The Morgan fingerprint density at radius 3 is 1.08 bits per heavy atom. The zero-order valence-electron chi connectivity index (χ0n) is 7.89. The molecule has 0 unspecified atom stereocenters. The van der Waals surface area contributed by atoms with Gasteiger partial charge in [0.15, 0.2) is 0 Å². The van der Waals surface area contributed by atoms with E-state index in [2.05, 4.69) is 60.8 Å². The van der Waals surface area contributed by atoms with Crippen molar-refractivity contribution >= 4 is 0 Å². The molecule has 0 aromatic carbocycles. The second kappa shape index (κ2) is 7.35. The van der Waals surface area contributed by atoms with Crippen molar-refractivity contribution in [3.05, 3.63) is 60.8 Å². The summed E-state index contributed by atoms with van der Waals surface area (Å²) in [5.41, 5.74) is 0. The Bertz CT molecular complexity index is 223. The van der Waals surface area contributed by atoms with E-state index in [4.69, 9.17) is 0 Å². The van der Waals surface area contributed by atoms with Gasteiger partial charge >= 0.3 is 0 Å². The van der Waals surface area contributed by atoms with E-state index in [1.165, 1.54) is 0 Å². The van der Waals surface area contributed by atoms with Crippen molar-refractivity contribution in [2.75, 3.05) is 0 Å². The van der Waals surface area contributed by atoms with Crippen LogP contribution < -0.4 is 0 Å². The maximum absolute atomic E-state index is 2.19. The quantitative estimate of drug-likeness (QED) is 0.485. The van der Waals surface area contributed by atoms with Crippen LogP contribution in [0.25, 0.3) is 0 Å². The molecular formula is C13H16. The number of rotatable bonds is 0. The van der Waals surface area contributed by atoms with Crippen LogP contribution in [-0.2, 0) is 0 Å². The molecule has 0 nitrogen and oxygen atoms in total. The third-order valence-corrected chi connectivity index (χ3v) is 1.75. The summed E-state index contributed by atoms with van der Waals surface area (Å²) in [4.78, 5) is 0. The van der Waals surface area contributed by atoms with Gasteiger partial charge in [-0.2, -0.15) is 0 Å². The lowest BCUT2D eigenvalue weighted by atomic mass is 10.3. The minimum Gasteiger partial charge on any atom is -0.0844 e. The molecule has 0 radical (unpaired) electrons. The third kappa shape index (κ3) is 5.92. The predicted molar refractivity (Wildman–Crippen MR) is 59.6 cm³/mol. The molecule has 0 bridgehead atoms. The van der Waals surface area contributed by atoms with Crippen molar-refractivity contribution in [3.8, 4) is 0 Å². The Kier molecular flexibility index (Phi) is 5.54. The van der Waals surface area contributed by atoms with E-state index < -0.39 is 0 Å². The molecule has 1 aliphatic rings. The van der Waals surface area contributed by atoms with Gasteiger partial charge in [0.2, 0.25) is 0 Å². The molecule has 0 amide bonds. The Morgan fingerprint density at radius 1 is 0.385 bits per heavy atom. The molecule has 0 saturated carbocycles. The molecule has 0 spiro atoms. The van der Waals surface area contributed by atoms with Gasteiger partial charge in [-0.3, -0.25) is 0 Å². The molecule has 13 heavy (non-hydrogen) atoms. The molecule has 0 heteroatoms. The van der Waals surface area contributed by atoms with Crippen molar-refractivity contribution in [2.45, 2.75) is 19.3 Å². The van der Waals surface area contributed by atoms with Crippen LogP contribution >= 0.6 is 0 Å². The second-order valence-corrected chi connectivity index (χ2v) is 2.89. The first-order valence-electron chi connectivity index (χ1n) is 4.78. The van der Waals surface area contributed by atoms with Gasteiger partial charge in [0.05, 0.1) is 0 Å². The Morgan fingerprint density at radius 2 is 0.692 bits per heavy atom. The minimum absolute atomic E-state index is 1.02. The lowest BCUT2D eigenvalue weighted by molar-refractivity contribution is 1.31. The fraction of sp³-hybridized carbons (Fsp3) is 0.231. The van der Waals surface area contributed by atoms with E-state index in [0.29, 0.717) is 0 Å².